The Morgan fingerprint density at radius 1 is 1.19 bits per heavy atom. The van der Waals surface area contributed by atoms with Crippen LogP contribution < -0.4 is 15.5 Å². The minimum absolute atomic E-state index is 0.0292. The van der Waals surface area contributed by atoms with Crippen molar-refractivity contribution in [3.05, 3.63) is 54.2 Å². The molecule has 2 aliphatic rings. The maximum Gasteiger partial charge on any atom is 0.245 e. The number of hydrogen-bond acceptors (Lipinski definition) is 6. The van der Waals surface area contributed by atoms with Gasteiger partial charge in [0.05, 0.1) is 18.1 Å². The van der Waals surface area contributed by atoms with E-state index < -0.39 is 12.1 Å². The van der Waals surface area contributed by atoms with Gasteiger partial charge in [-0.3, -0.25) is 9.59 Å². The highest BCUT2D eigenvalue weighted by Crippen LogP contribution is 2.44. The summed E-state index contributed by atoms with van der Waals surface area (Å²) < 4.78 is 13.9. The molecule has 9 nitrogen and oxygen atoms in total. The zero-order chi connectivity index (χ0) is 26.3. The summed E-state index contributed by atoms with van der Waals surface area (Å²) in [6.45, 7) is 6.87. The molecule has 1 aromatic carbocycles. The van der Waals surface area contributed by atoms with Crippen LogP contribution in [0.15, 0.2) is 42.9 Å². The Balaban J connectivity index is 1.51. The van der Waals surface area contributed by atoms with Gasteiger partial charge in [0.1, 0.15) is 11.9 Å². The van der Waals surface area contributed by atoms with Crippen LogP contribution >= 0.6 is 0 Å². The minimum atomic E-state index is -0.637. The smallest absolute Gasteiger partial charge is 0.245 e. The number of halogens is 1. The summed E-state index contributed by atoms with van der Waals surface area (Å²) in [5, 5.41) is 6.85. The third-order valence-electron chi connectivity index (χ3n) is 7.85. The second-order valence-corrected chi connectivity index (χ2v) is 10.4. The average molecular weight is 508 g/mol. The lowest BCUT2D eigenvalue weighted by atomic mass is 9.90. The number of anilines is 1. The second-order valence-electron chi connectivity index (χ2n) is 10.4. The fourth-order valence-corrected chi connectivity index (χ4v) is 5.82. The number of likely N-dealkylation sites (tertiary alicyclic amines) is 1. The van der Waals surface area contributed by atoms with E-state index >= 15 is 0 Å². The molecule has 3 aromatic rings. The van der Waals surface area contributed by atoms with Gasteiger partial charge in [-0.05, 0) is 56.1 Å². The van der Waals surface area contributed by atoms with E-state index in [0.717, 1.165) is 22.9 Å². The third-order valence-corrected chi connectivity index (χ3v) is 7.85. The lowest BCUT2D eigenvalue weighted by molar-refractivity contribution is -0.139. The Morgan fingerprint density at radius 3 is 2.65 bits per heavy atom. The zero-order valence-corrected chi connectivity index (χ0v) is 21.6. The van der Waals surface area contributed by atoms with Crippen molar-refractivity contribution in [2.75, 3.05) is 25.0 Å². The van der Waals surface area contributed by atoms with Crippen molar-refractivity contribution >= 4 is 28.7 Å². The number of nitrogens with zero attached hydrogens (tertiary/aromatic N) is 4. The number of amides is 2. The van der Waals surface area contributed by atoms with Gasteiger partial charge >= 0.3 is 0 Å². The van der Waals surface area contributed by atoms with Crippen molar-refractivity contribution in [1.29, 1.82) is 0 Å². The molecule has 37 heavy (non-hydrogen) atoms. The fraction of sp³-hybridized carbons (Fsp3) is 0.481. The molecule has 0 saturated carbocycles. The summed E-state index contributed by atoms with van der Waals surface area (Å²) >= 11 is 0. The van der Waals surface area contributed by atoms with Gasteiger partial charge in [0, 0.05) is 48.5 Å². The molecule has 0 bridgehead atoms. The Morgan fingerprint density at radius 2 is 1.95 bits per heavy atom. The van der Waals surface area contributed by atoms with E-state index in [9.17, 15) is 14.0 Å². The number of fused-ring (bicyclic) bond motifs is 2. The maximum atomic E-state index is 14.0. The number of carbonyl (C=O) groups excluding carboxylic acids is 2. The quantitative estimate of drug-likeness (QED) is 0.454. The second kappa shape index (κ2) is 10.1. The molecule has 2 fully saturated rings. The molecular formula is C27H34FN7O2. The first-order chi connectivity index (χ1) is 17.8. The van der Waals surface area contributed by atoms with Gasteiger partial charge in [0.25, 0.3) is 0 Å². The number of aromatic amines is 1. The molecule has 0 aliphatic carbocycles. The summed E-state index contributed by atoms with van der Waals surface area (Å²) in [7, 11) is 1.72. The summed E-state index contributed by atoms with van der Waals surface area (Å²) in [6, 6.07) is 5.39. The number of hydrogen-bond donors (Lipinski definition) is 3. The van der Waals surface area contributed by atoms with Gasteiger partial charge in [0.2, 0.25) is 17.8 Å². The predicted octanol–water partition coefficient (Wildman–Crippen LogP) is 2.42. The molecule has 0 spiro atoms. The van der Waals surface area contributed by atoms with Gasteiger partial charge in [-0.2, -0.15) is 0 Å². The van der Waals surface area contributed by atoms with Crippen molar-refractivity contribution in [3.63, 3.8) is 0 Å². The number of carbonyl (C=O) groups is 2. The molecule has 5 unspecified atom stereocenters. The summed E-state index contributed by atoms with van der Waals surface area (Å²) in [5.41, 5.74) is 1.77. The van der Waals surface area contributed by atoms with E-state index in [2.05, 4.69) is 30.5 Å². The van der Waals surface area contributed by atoms with E-state index in [1.165, 1.54) is 12.1 Å². The van der Waals surface area contributed by atoms with Gasteiger partial charge in [-0.15, -0.1) is 0 Å². The van der Waals surface area contributed by atoms with Crippen molar-refractivity contribution in [3.8, 4) is 0 Å². The highest BCUT2D eigenvalue weighted by Gasteiger charge is 2.53. The number of nitrogens with one attached hydrogen (secondary N) is 3. The molecular weight excluding hydrogens is 473 g/mol. The number of rotatable bonds is 7. The largest absolute Gasteiger partial charge is 0.361 e. The van der Waals surface area contributed by atoms with Gasteiger partial charge in [-0.25, -0.2) is 14.4 Å². The van der Waals surface area contributed by atoms with Crippen LogP contribution in [0.5, 0.6) is 0 Å². The monoisotopic (exact) mass is 507 g/mol. The Bertz CT molecular complexity index is 1280. The number of H-pyrrole nitrogens is 1. The molecule has 2 aliphatic heterocycles. The molecule has 2 saturated heterocycles. The van der Waals surface area contributed by atoms with Crippen LogP contribution in [0, 0.1) is 11.7 Å². The van der Waals surface area contributed by atoms with Crippen LogP contribution in [-0.4, -0.2) is 76.0 Å². The summed E-state index contributed by atoms with van der Waals surface area (Å²) in [4.78, 5) is 43.1. The van der Waals surface area contributed by atoms with Crippen LogP contribution in [0.1, 0.15) is 38.7 Å². The Labute approximate surface area is 215 Å². The van der Waals surface area contributed by atoms with E-state index in [1.807, 2.05) is 24.9 Å². The maximum absolute atomic E-state index is 14.0. The molecule has 0 radical (unpaired) electrons. The SMILES string of the molecule is CNC(C)C(=O)NC(C(=O)N1CCC2C1C(c1c[nH]c3cc(F)ccc13)CN2c1ncccn1)C(C)C. The van der Waals surface area contributed by atoms with Crippen molar-refractivity contribution in [2.45, 2.75) is 57.3 Å². The van der Waals surface area contributed by atoms with Crippen LogP contribution in [0.3, 0.4) is 0 Å². The highest BCUT2D eigenvalue weighted by molar-refractivity contribution is 5.90. The standard InChI is InChI=1S/C27H34FN7O2/c1-15(2)23(33-25(36)16(3)29-4)26(37)34-11-8-22-24(34)20(14-35(22)27-30-9-5-10-31-27)19-13-32-21-12-17(28)6-7-18(19)21/h5-7,9-10,12-13,15-16,20,22-24,29,32H,8,11,14H2,1-4H3,(H,33,36). The first kappa shape index (κ1) is 25.1. The number of benzene rings is 1. The molecule has 5 rings (SSSR count). The topological polar surface area (TPSA) is 106 Å². The normalized spacial score (nSPS) is 22.9. The summed E-state index contributed by atoms with van der Waals surface area (Å²) in [5.74, 6) is -0.0643. The lowest BCUT2D eigenvalue weighted by Gasteiger charge is -2.33. The van der Waals surface area contributed by atoms with E-state index in [0.29, 0.717) is 19.0 Å². The van der Waals surface area contributed by atoms with Gasteiger partial charge < -0.3 is 25.4 Å². The van der Waals surface area contributed by atoms with Crippen molar-refractivity contribution in [1.82, 2.24) is 30.5 Å². The first-order valence-corrected chi connectivity index (χ1v) is 12.9. The number of likely N-dealkylation sites (N-methyl/N-ethyl adjacent to an activating group) is 1. The molecule has 2 aromatic heterocycles. The molecule has 4 heterocycles. The van der Waals surface area contributed by atoms with E-state index in [1.54, 1.807) is 38.5 Å². The Kier molecular flexibility index (Phi) is 6.85. The fourth-order valence-electron chi connectivity index (χ4n) is 5.82. The van der Waals surface area contributed by atoms with Gasteiger partial charge in [0.15, 0.2) is 0 Å². The molecule has 2 amide bonds. The number of aromatic nitrogens is 3. The Hall–Kier alpha value is -3.53. The lowest BCUT2D eigenvalue weighted by Crippen LogP contribution is -2.56. The summed E-state index contributed by atoms with van der Waals surface area (Å²) in [6.07, 6.45) is 6.15. The highest BCUT2D eigenvalue weighted by atomic mass is 19.1. The minimum Gasteiger partial charge on any atom is -0.361 e. The first-order valence-electron chi connectivity index (χ1n) is 12.9. The van der Waals surface area contributed by atoms with E-state index in [4.69, 9.17) is 0 Å². The van der Waals surface area contributed by atoms with Crippen LogP contribution in [0.2, 0.25) is 0 Å². The molecule has 5 atom stereocenters. The van der Waals surface area contributed by atoms with Crippen LogP contribution in [0.4, 0.5) is 10.3 Å². The zero-order valence-electron chi connectivity index (χ0n) is 21.6. The van der Waals surface area contributed by atoms with Crippen molar-refractivity contribution in [2.24, 2.45) is 5.92 Å². The predicted molar refractivity (Wildman–Crippen MR) is 140 cm³/mol. The van der Waals surface area contributed by atoms with Crippen LogP contribution in [0.25, 0.3) is 10.9 Å². The molecule has 10 heteroatoms. The van der Waals surface area contributed by atoms with E-state index in [-0.39, 0.29) is 41.6 Å². The van der Waals surface area contributed by atoms with Gasteiger partial charge in [-0.1, -0.05) is 13.8 Å². The van der Waals surface area contributed by atoms with Crippen LogP contribution in [-0.2, 0) is 9.59 Å². The average Bonchev–Trinajstić information content (AvgIpc) is 3.60. The molecule has 196 valence electrons. The third kappa shape index (κ3) is 4.54. The van der Waals surface area contributed by atoms with Crippen molar-refractivity contribution < 1.29 is 14.0 Å². The molecule has 3 N–H and O–H groups in total.